The predicted octanol–water partition coefficient (Wildman–Crippen LogP) is 3.14. The molecular formula is C10H22BrN. The van der Waals surface area contributed by atoms with Crippen molar-refractivity contribution in [2.45, 2.75) is 40.2 Å². The number of alkyl halides is 1. The maximum atomic E-state index is 3.56. The smallest absolute Gasteiger partial charge is 0.00717 e. The quantitative estimate of drug-likeness (QED) is 0.640. The first-order valence-corrected chi connectivity index (χ1v) is 6.07. The van der Waals surface area contributed by atoms with E-state index < -0.39 is 0 Å². The highest BCUT2D eigenvalue weighted by Gasteiger charge is 2.12. The molecule has 0 fully saturated rings. The van der Waals surface area contributed by atoms with Crippen LogP contribution in [0.5, 0.6) is 0 Å². The highest BCUT2D eigenvalue weighted by molar-refractivity contribution is 9.09. The fraction of sp³-hybridized carbons (Fsp3) is 1.00. The first-order valence-electron chi connectivity index (χ1n) is 4.95. The van der Waals surface area contributed by atoms with Crippen LogP contribution in [0.25, 0.3) is 0 Å². The van der Waals surface area contributed by atoms with Gasteiger partial charge in [0.15, 0.2) is 0 Å². The lowest BCUT2D eigenvalue weighted by Gasteiger charge is -2.28. The molecule has 1 nitrogen and oxygen atoms in total. The Bertz CT molecular complexity index is 100. The Morgan fingerprint density at radius 3 is 2.08 bits per heavy atom. The largest absolute Gasteiger partial charge is 0.301 e. The number of hydrogen-bond acceptors (Lipinski definition) is 1. The minimum Gasteiger partial charge on any atom is -0.301 e. The van der Waals surface area contributed by atoms with E-state index in [1.165, 1.54) is 19.5 Å². The van der Waals surface area contributed by atoms with E-state index in [0.29, 0.717) is 6.04 Å². The van der Waals surface area contributed by atoms with E-state index in [9.17, 15) is 0 Å². The molecule has 1 unspecified atom stereocenters. The second-order valence-corrected chi connectivity index (χ2v) is 4.26. The number of halogens is 1. The summed E-state index contributed by atoms with van der Waals surface area (Å²) in [4.78, 5) is 2.52. The third kappa shape index (κ3) is 4.46. The molecule has 0 radical (unpaired) electrons. The number of hydrogen-bond donors (Lipinski definition) is 0. The lowest BCUT2D eigenvalue weighted by molar-refractivity contribution is 0.202. The Balaban J connectivity index is 3.82. The third-order valence-corrected chi connectivity index (χ3v) is 3.34. The van der Waals surface area contributed by atoms with Gasteiger partial charge in [0.1, 0.15) is 0 Å². The van der Waals surface area contributed by atoms with Crippen LogP contribution in [0.4, 0.5) is 0 Å². The van der Waals surface area contributed by atoms with Crippen LogP contribution in [0.1, 0.15) is 34.1 Å². The summed E-state index contributed by atoms with van der Waals surface area (Å²) in [6.45, 7) is 11.4. The van der Waals surface area contributed by atoms with Crippen LogP contribution in [-0.4, -0.2) is 29.4 Å². The Morgan fingerprint density at radius 2 is 1.83 bits per heavy atom. The van der Waals surface area contributed by atoms with Gasteiger partial charge in [-0.1, -0.05) is 36.2 Å². The first kappa shape index (κ1) is 12.4. The summed E-state index contributed by atoms with van der Waals surface area (Å²) in [7, 11) is 0. The molecule has 0 aliphatic carbocycles. The van der Waals surface area contributed by atoms with Crippen LogP contribution in [0.3, 0.4) is 0 Å². The van der Waals surface area contributed by atoms with Crippen molar-refractivity contribution in [3.63, 3.8) is 0 Å². The van der Waals surface area contributed by atoms with Crippen molar-refractivity contribution in [3.05, 3.63) is 0 Å². The summed E-state index contributed by atoms with van der Waals surface area (Å²) < 4.78 is 0. The summed E-state index contributed by atoms with van der Waals surface area (Å²) in [6.07, 6.45) is 1.27. The highest BCUT2D eigenvalue weighted by Crippen LogP contribution is 2.10. The van der Waals surface area contributed by atoms with Gasteiger partial charge in [0.25, 0.3) is 0 Å². The Hall–Kier alpha value is 0.440. The van der Waals surface area contributed by atoms with Gasteiger partial charge in [-0.15, -0.1) is 0 Å². The van der Waals surface area contributed by atoms with E-state index in [1.54, 1.807) is 0 Å². The molecule has 0 aromatic heterocycles. The zero-order chi connectivity index (χ0) is 9.56. The Labute approximate surface area is 85.7 Å². The first-order chi connectivity index (χ1) is 5.65. The van der Waals surface area contributed by atoms with Gasteiger partial charge in [-0.25, -0.2) is 0 Å². The molecule has 0 saturated heterocycles. The van der Waals surface area contributed by atoms with Crippen LogP contribution in [-0.2, 0) is 0 Å². The maximum Gasteiger partial charge on any atom is 0.00717 e. The molecular weight excluding hydrogens is 214 g/mol. The zero-order valence-electron chi connectivity index (χ0n) is 8.81. The van der Waals surface area contributed by atoms with Crippen LogP contribution in [0.2, 0.25) is 0 Å². The molecule has 0 rings (SSSR count). The monoisotopic (exact) mass is 235 g/mol. The van der Waals surface area contributed by atoms with E-state index in [-0.39, 0.29) is 0 Å². The van der Waals surface area contributed by atoms with Crippen molar-refractivity contribution in [1.29, 1.82) is 0 Å². The molecule has 0 spiro atoms. The predicted molar refractivity (Wildman–Crippen MR) is 60.0 cm³/mol. The van der Waals surface area contributed by atoms with Gasteiger partial charge in [-0.05, 0) is 26.3 Å². The van der Waals surface area contributed by atoms with Gasteiger partial charge in [-0.2, -0.15) is 0 Å². The molecule has 2 heteroatoms. The molecule has 0 heterocycles. The fourth-order valence-electron chi connectivity index (χ4n) is 1.32. The van der Waals surface area contributed by atoms with E-state index >= 15 is 0 Å². The average molecular weight is 236 g/mol. The Morgan fingerprint density at radius 1 is 1.25 bits per heavy atom. The summed E-state index contributed by atoms with van der Waals surface area (Å²) in [5.41, 5.74) is 0. The standard InChI is InChI=1S/C10H22BrN/c1-5-10(7-11)8-12(6-2)9(3)4/h9-10H,5-8H2,1-4H3. The molecule has 12 heavy (non-hydrogen) atoms. The lowest BCUT2D eigenvalue weighted by atomic mass is 10.1. The second-order valence-electron chi connectivity index (χ2n) is 3.61. The average Bonchev–Trinajstić information content (AvgIpc) is 2.06. The SMILES string of the molecule is CCC(CBr)CN(CC)C(C)C. The van der Waals surface area contributed by atoms with Gasteiger partial charge in [-0.3, -0.25) is 0 Å². The summed E-state index contributed by atoms with van der Waals surface area (Å²) in [6, 6.07) is 0.683. The topological polar surface area (TPSA) is 3.24 Å². The summed E-state index contributed by atoms with van der Waals surface area (Å²) in [5, 5.41) is 1.13. The molecule has 0 aliphatic rings. The highest BCUT2D eigenvalue weighted by atomic mass is 79.9. The fourth-order valence-corrected chi connectivity index (χ4v) is 1.99. The molecule has 0 amide bonds. The van der Waals surface area contributed by atoms with Crippen molar-refractivity contribution in [2.75, 3.05) is 18.4 Å². The minimum absolute atomic E-state index is 0.683. The van der Waals surface area contributed by atoms with Crippen LogP contribution in [0, 0.1) is 5.92 Å². The molecule has 0 aliphatic heterocycles. The van der Waals surface area contributed by atoms with Gasteiger partial charge in [0, 0.05) is 17.9 Å². The molecule has 0 saturated carbocycles. The molecule has 0 N–H and O–H groups in total. The van der Waals surface area contributed by atoms with E-state index in [4.69, 9.17) is 0 Å². The van der Waals surface area contributed by atoms with Gasteiger partial charge >= 0.3 is 0 Å². The van der Waals surface area contributed by atoms with Gasteiger partial charge in [0.05, 0.1) is 0 Å². The van der Waals surface area contributed by atoms with Crippen LogP contribution < -0.4 is 0 Å². The molecule has 0 aromatic carbocycles. The molecule has 1 atom stereocenters. The van der Waals surface area contributed by atoms with E-state index in [2.05, 4.69) is 48.5 Å². The maximum absolute atomic E-state index is 3.56. The normalized spacial score (nSPS) is 14.2. The van der Waals surface area contributed by atoms with Gasteiger partial charge < -0.3 is 4.90 Å². The molecule has 0 aromatic rings. The lowest BCUT2D eigenvalue weighted by Crippen LogP contribution is -2.35. The third-order valence-electron chi connectivity index (χ3n) is 2.42. The molecule has 0 bridgehead atoms. The number of rotatable bonds is 6. The van der Waals surface area contributed by atoms with Crippen LogP contribution in [0.15, 0.2) is 0 Å². The summed E-state index contributed by atoms with van der Waals surface area (Å²) >= 11 is 3.56. The minimum atomic E-state index is 0.683. The van der Waals surface area contributed by atoms with Crippen molar-refractivity contribution in [3.8, 4) is 0 Å². The van der Waals surface area contributed by atoms with Gasteiger partial charge in [0.2, 0.25) is 0 Å². The van der Waals surface area contributed by atoms with Crippen molar-refractivity contribution < 1.29 is 0 Å². The Kier molecular flexibility index (Phi) is 7.16. The summed E-state index contributed by atoms with van der Waals surface area (Å²) in [5.74, 6) is 0.812. The van der Waals surface area contributed by atoms with Crippen molar-refractivity contribution in [1.82, 2.24) is 4.90 Å². The number of nitrogens with zero attached hydrogens (tertiary/aromatic N) is 1. The van der Waals surface area contributed by atoms with Crippen molar-refractivity contribution in [2.24, 2.45) is 5.92 Å². The molecule has 74 valence electrons. The van der Waals surface area contributed by atoms with E-state index in [1.807, 2.05) is 0 Å². The second kappa shape index (κ2) is 6.90. The van der Waals surface area contributed by atoms with E-state index in [0.717, 1.165) is 11.2 Å². The van der Waals surface area contributed by atoms with Crippen LogP contribution >= 0.6 is 15.9 Å². The zero-order valence-corrected chi connectivity index (χ0v) is 10.4. The van der Waals surface area contributed by atoms with Crippen molar-refractivity contribution >= 4 is 15.9 Å².